The maximum atomic E-state index is 12.3. The monoisotopic (exact) mass is 368 g/mol. The normalized spacial score (nSPS) is 12.1. The zero-order valence-corrected chi connectivity index (χ0v) is 13.3. The molecule has 0 unspecified atom stereocenters. The van der Waals surface area contributed by atoms with Crippen molar-refractivity contribution in [2.75, 3.05) is 0 Å². The molecule has 0 aromatic carbocycles. The standard InChI is InChI=1S/C15H17IN2O/c1-3-4-5-10(2)6-14(19)13-9-18-15-12(13)7-11(16)8-17-15/h6-9H,3-5H2,1-2H3,(H,17,18)/b10-6+. The molecule has 0 fully saturated rings. The van der Waals surface area contributed by atoms with E-state index in [-0.39, 0.29) is 5.78 Å². The van der Waals surface area contributed by atoms with Crippen LogP contribution >= 0.6 is 22.6 Å². The van der Waals surface area contributed by atoms with Gasteiger partial charge in [-0.2, -0.15) is 0 Å². The molecule has 2 heterocycles. The number of ketones is 1. The second kappa shape index (κ2) is 6.32. The molecule has 2 rings (SSSR count). The van der Waals surface area contributed by atoms with Crippen LogP contribution in [-0.4, -0.2) is 15.8 Å². The SMILES string of the molecule is CCCC/C(C)=C/C(=O)c1c[nH]c2ncc(I)cc12. The first-order valence-electron chi connectivity index (χ1n) is 6.46. The molecule has 0 aliphatic rings. The van der Waals surface area contributed by atoms with Crippen molar-refractivity contribution < 1.29 is 4.79 Å². The number of pyridine rings is 1. The summed E-state index contributed by atoms with van der Waals surface area (Å²) in [5.74, 6) is 0.0589. The summed E-state index contributed by atoms with van der Waals surface area (Å²) in [5.41, 5.74) is 2.61. The molecule has 0 spiro atoms. The molecule has 0 saturated carbocycles. The average Bonchev–Trinajstić information content (AvgIpc) is 2.79. The molecule has 100 valence electrons. The van der Waals surface area contributed by atoms with E-state index in [0.717, 1.165) is 39.4 Å². The maximum absolute atomic E-state index is 12.3. The van der Waals surface area contributed by atoms with Gasteiger partial charge in [0, 0.05) is 26.9 Å². The first-order chi connectivity index (χ1) is 9.11. The molecule has 0 bridgehead atoms. The van der Waals surface area contributed by atoms with Gasteiger partial charge in [0.1, 0.15) is 5.65 Å². The van der Waals surface area contributed by atoms with Crippen molar-refractivity contribution in [2.24, 2.45) is 0 Å². The number of hydrogen-bond donors (Lipinski definition) is 1. The van der Waals surface area contributed by atoms with Crippen molar-refractivity contribution in [3.63, 3.8) is 0 Å². The van der Waals surface area contributed by atoms with Crippen LogP contribution in [-0.2, 0) is 0 Å². The molecule has 4 heteroatoms. The van der Waals surface area contributed by atoms with Crippen molar-refractivity contribution in [3.8, 4) is 0 Å². The quantitative estimate of drug-likeness (QED) is 0.480. The second-order valence-electron chi connectivity index (χ2n) is 4.71. The number of H-pyrrole nitrogens is 1. The van der Waals surface area contributed by atoms with Gasteiger partial charge in [-0.15, -0.1) is 0 Å². The number of rotatable bonds is 5. The van der Waals surface area contributed by atoms with E-state index >= 15 is 0 Å². The third-order valence-corrected chi connectivity index (χ3v) is 3.66. The lowest BCUT2D eigenvalue weighted by Crippen LogP contribution is -1.95. The minimum absolute atomic E-state index is 0.0589. The Morgan fingerprint density at radius 3 is 3.05 bits per heavy atom. The maximum Gasteiger partial charge on any atom is 0.187 e. The fraction of sp³-hybridized carbons (Fsp3) is 0.333. The van der Waals surface area contributed by atoms with Crippen molar-refractivity contribution in [1.29, 1.82) is 0 Å². The molecule has 2 aromatic rings. The zero-order valence-electron chi connectivity index (χ0n) is 11.2. The van der Waals surface area contributed by atoms with Crippen LogP contribution in [0.5, 0.6) is 0 Å². The number of unbranched alkanes of at least 4 members (excludes halogenated alkanes) is 1. The van der Waals surface area contributed by atoms with E-state index in [9.17, 15) is 4.79 Å². The number of aromatic amines is 1. The predicted molar refractivity (Wildman–Crippen MR) is 86.4 cm³/mol. The fourth-order valence-corrected chi connectivity index (χ4v) is 2.46. The molecular weight excluding hydrogens is 351 g/mol. The summed E-state index contributed by atoms with van der Waals surface area (Å²) in [7, 11) is 0. The van der Waals surface area contributed by atoms with Gasteiger partial charge in [-0.3, -0.25) is 4.79 Å². The topological polar surface area (TPSA) is 45.8 Å². The highest BCUT2D eigenvalue weighted by molar-refractivity contribution is 14.1. The Morgan fingerprint density at radius 1 is 1.53 bits per heavy atom. The Hall–Kier alpha value is -1.17. The minimum atomic E-state index is 0.0589. The van der Waals surface area contributed by atoms with Crippen LogP contribution in [0.1, 0.15) is 43.5 Å². The third-order valence-electron chi connectivity index (χ3n) is 3.07. The largest absolute Gasteiger partial charge is 0.345 e. The van der Waals surface area contributed by atoms with E-state index in [4.69, 9.17) is 0 Å². The summed E-state index contributed by atoms with van der Waals surface area (Å²) in [4.78, 5) is 19.6. The second-order valence-corrected chi connectivity index (χ2v) is 5.96. The molecule has 0 radical (unpaired) electrons. The summed E-state index contributed by atoms with van der Waals surface area (Å²) >= 11 is 2.21. The van der Waals surface area contributed by atoms with Crippen molar-refractivity contribution in [3.05, 3.63) is 39.2 Å². The lowest BCUT2D eigenvalue weighted by atomic mass is 10.1. The molecule has 0 amide bonds. The van der Waals surface area contributed by atoms with Crippen LogP contribution in [0.2, 0.25) is 0 Å². The smallest absolute Gasteiger partial charge is 0.187 e. The van der Waals surface area contributed by atoms with Gasteiger partial charge in [0.05, 0.1) is 0 Å². The van der Waals surface area contributed by atoms with E-state index in [1.54, 1.807) is 18.5 Å². The zero-order chi connectivity index (χ0) is 13.8. The Labute approximate surface area is 126 Å². The van der Waals surface area contributed by atoms with Crippen LogP contribution in [0.15, 0.2) is 30.1 Å². The Morgan fingerprint density at radius 2 is 2.32 bits per heavy atom. The van der Waals surface area contributed by atoms with E-state index in [2.05, 4.69) is 39.5 Å². The summed E-state index contributed by atoms with van der Waals surface area (Å²) in [6.45, 7) is 4.17. The van der Waals surface area contributed by atoms with Gasteiger partial charge in [-0.1, -0.05) is 18.9 Å². The average molecular weight is 368 g/mol. The molecule has 0 atom stereocenters. The number of allylic oxidation sites excluding steroid dienone is 2. The van der Waals surface area contributed by atoms with Gasteiger partial charge in [0.2, 0.25) is 0 Å². The first-order valence-corrected chi connectivity index (χ1v) is 7.54. The van der Waals surface area contributed by atoms with Gasteiger partial charge in [-0.25, -0.2) is 4.98 Å². The summed E-state index contributed by atoms with van der Waals surface area (Å²) in [6, 6.07) is 1.99. The van der Waals surface area contributed by atoms with Gasteiger partial charge in [0.15, 0.2) is 5.78 Å². The number of fused-ring (bicyclic) bond motifs is 1. The Balaban J connectivity index is 2.29. The number of carbonyl (C=O) groups excluding carboxylic acids is 1. The molecular formula is C15H17IN2O. The molecule has 19 heavy (non-hydrogen) atoms. The van der Waals surface area contributed by atoms with Crippen LogP contribution in [0.25, 0.3) is 11.0 Å². The fourth-order valence-electron chi connectivity index (χ4n) is 2.01. The van der Waals surface area contributed by atoms with E-state index in [1.807, 2.05) is 13.0 Å². The number of nitrogens with zero attached hydrogens (tertiary/aromatic N) is 1. The van der Waals surface area contributed by atoms with E-state index in [1.165, 1.54) is 0 Å². The summed E-state index contributed by atoms with van der Waals surface area (Å²) < 4.78 is 1.03. The molecule has 1 N–H and O–H groups in total. The van der Waals surface area contributed by atoms with Gasteiger partial charge in [0.25, 0.3) is 0 Å². The van der Waals surface area contributed by atoms with Crippen LogP contribution in [0.3, 0.4) is 0 Å². The minimum Gasteiger partial charge on any atom is -0.345 e. The number of hydrogen-bond acceptors (Lipinski definition) is 2. The van der Waals surface area contributed by atoms with Crippen molar-refractivity contribution in [1.82, 2.24) is 9.97 Å². The van der Waals surface area contributed by atoms with Crippen LogP contribution < -0.4 is 0 Å². The predicted octanol–water partition coefficient (Wildman–Crippen LogP) is 4.49. The van der Waals surface area contributed by atoms with Crippen LogP contribution in [0.4, 0.5) is 0 Å². The lowest BCUT2D eigenvalue weighted by Gasteiger charge is -1.99. The van der Waals surface area contributed by atoms with E-state index < -0.39 is 0 Å². The Bertz CT molecular complexity index is 628. The van der Waals surface area contributed by atoms with Gasteiger partial charge in [-0.05, 0) is 54.5 Å². The lowest BCUT2D eigenvalue weighted by molar-refractivity contribution is 0.104. The molecule has 0 aliphatic carbocycles. The van der Waals surface area contributed by atoms with E-state index in [0.29, 0.717) is 5.56 Å². The summed E-state index contributed by atoms with van der Waals surface area (Å²) in [5, 5.41) is 0.899. The van der Waals surface area contributed by atoms with Crippen LogP contribution in [0, 0.1) is 3.57 Å². The number of carbonyl (C=O) groups is 1. The van der Waals surface area contributed by atoms with Crippen molar-refractivity contribution >= 4 is 39.4 Å². The molecule has 2 aromatic heterocycles. The highest BCUT2D eigenvalue weighted by Crippen LogP contribution is 2.20. The van der Waals surface area contributed by atoms with Gasteiger partial charge < -0.3 is 4.98 Å². The molecule has 3 nitrogen and oxygen atoms in total. The number of nitrogens with one attached hydrogen (secondary N) is 1. The molecule has 0 aliphatic heterocycles. The highest BCUT2D eigenvalue weighted by Gasteiger charge is 2.11. The highest BCUT2D eigenvalue weighted by atomic mass is 127. The number of halogens is 1. The molecule has 0 saturated heterocycles. The Kier molecular flexibility index (Phi) is 4.74. The third kappa shape index (κ3) is 3.43. The van der Waals surface area contributed by atoms with Crippen molar-refractivity contribution in [2.45, 2.75) is 33.1 Å². The first kappa shape index (κ1) is 14.2. The number of aromatic nitrogens is 2. The van der Waals surface area contributed by atoms with Gasteiger partial charge >= 0.3 is 0 Å². The summed E-state index contributed by atoms with van der Waals surface area (Å²) in [6.07, 6.45) is 8.55.